The predicted molar refractivity (Wildman–Crippen MR) is 103 cm³/mol. The van der Waals surface area contributed by atoms with Crippen LogP contribution in [0.2, 0.25) is 0 Å². The van der Waals surface area contributed by atoms with E-state index in [0.29, 0.717) is 30.9 Å². The summed E-state index contributed by atoms with van der Waals surface area (Å²) in [5.74, 6) is 0.201. The maximum atomic E-state index is 12.7. The minimum absolute atomic E-state index is 0.307. The molecule has 7 nitrogen and oxygen atoms in total. The lowest BCUT2D eigenvalue weighted by atomic mass is 9.81. The van der Waals surface area contributed by atoms with Gasteiger partial charge >= 0.3 is 5.97 Å². The molecule has 0 bridgehead atoms. The fourth-order valence-corrected chi connectivity index (χ4v) is 3.37. The molecule has 28 heavy (non-hydrogen) atoms. The summed E-state index contributed by atoms with van der Waals surface area (Å²) in [4.78, 5) is 26.1. The monoisotopic (exact) mass is 388 g/mol. The van der Waals surface area contributed by atoms with Crippen molar-refractivity contribution < 1.29 is 23.8 Å². The Labute approximate surface area is 166 Å². The van der Waals surface area contributed by atoms with Crippen LogP contribution >= 0.6 is 0 Å². The molecule has 1 atom stereocenters. The smallest absolute Gasteiger partial charge is 0.344 e. The van der Waals surface area contributed by atoms with Crippen LogP contribution < -0.4 is 9.47 Å². The molecule has 1 aliphatic carbocycles. The highest BCUT2D eigenvalue weighted by Crippen LogP contribution is 2.32. The van der Waals surface area contributed by atoms with E-state index in [4.69, 9.17) is 14.2 Å². The highest BCUT2D eigenvalue weighted by molar-refractivity contribution is 5.84. The quantitative estimate of drug-likeness (QED) is 0.636. The first-order valence-corrected chi connectivity index (χ1v) is 9.66. The van der Waals surface area contributed by atoms with Crippen LogP contribution in [-0.4, -0.2) is 48.7 Å². The first-order valence-electron chi connectivity index (χ1n) is 9.66. The Kier molecular flexibility index (Phi) is 7.68. The fourth-order valence-electron chi connectivity index (χ4n) is 3.37. The van der Waals surface area contributed by atoms with Crippen molar-refractivity contribution >= 4 is 11.9 Å². The summed E-state index contributed by atoms with van der Waals surface area (Å²) in [6.07, 6.45) is 3.21. The molecule has 0 aliphatic heterocycles. The Balaban J connectivity index is 1.85. The SMILES string of the molecule is CCOc1ccc(OCC(=O)O[C@H](C)C(=O)N(C)C2(C#N)CCCCC2)cc1. The number of hydrogen-bond donors (Lipinski definition) is 0. The lowest BCUT2D eigenvalue weighted by Crippen LogP contribution is -2.53. The molecule has 7 heteroatoms. The van der Waals surface area contributed by atoms with Crippen molar-refractivity contribution in [2.75, 3.05) is 20.3 Å². The van der Waals surface area contributed by atoms with Gasteiger partial charge in [-0.2, -0.15) is 5.26 Å². The molecule has 0 aromatic heterocycles. The zero-order valence-corrected chi connectivity index (χ0v) is 16.8. The number of ether oxygens (including phenoxy) is 3. The highest BCUT2D eigenvalue weighted by atomic mass is 16.6. The van der Waals surface area contributed by atoms with Crippen LogP contribution in [0.15, 0.2) is 24.3 Å². The number of amides is 1. The highest BCUT2D eigenvalue weighted by Gasteiger charge is 2.40. The second-order valence-corrected chi connectivity index (χ2v) is 6.93. The summed E-state index contributed by atoms with van der Waals surface area (Å²) in [5.41, 5.74) is -0.811. The van der Waals surface area contributed by atoms with Crippen LogP contribution in [0.5, 0.6) is 11.5 Å². The molecular formula is C21H28N2O5. The predicted octanol–water partition coefficient (Wildman–Crippen LogP) is 3.08. The number of benzene rings is 1. The summed E-state index contributed by atoms with van der Waals surface area (Å²) in [6, 6.07) is 9.18. The minimum atomic E-state index is -0.978. The topological polar surface area (TPSA) is 88.9 Å². The summed E-state index contributed by atoms with van der Waals surface area (Å²) in [6.45, 7) is 3.67. The van der Waals surface area contributed by atoms with E-state index in [-0.39, 0.29) is 12.5 Å². The number of hydrogen-bond acceptors (Lipinski definition) is 6. The van der Waals surface area contributed by atoms with Crippen molar-refractivity contribution in [3.05, 3.63) is 24.3 Å². The molecule has 1 aliphatic rings. The van der Waals surface area contributed by atoms with Crippen molar-refractivity contribution in [3.63, 3.8) is 0 Å². The van der Waals surface area contributed by atoms with E-state index < -0.39 is 17.6 Å². The van der Waals surface area contributed by atoms with Gasteiger partial charge in [0, 0.05) is 7.05 Å². The van der Waals surface area contributed by atoms with Crippen LogP contribution in [0.1, 0.15) is 46.0 Å². The third kappa shape index (κ3) is 5.38. The molecule has 0 unspecified atom stereocenters. The first-order chi connectivity index (χ1) is 13.4. The van der Waals surface area contributed by atoms with Crippen LogP contribution in [0.4, 0.5) is 0 Å². The van der Waals surface area contributed by atoms with Crippen molar-refractivity contribution in [1.82, 2.24) is 4.90 Å². The lowest BCUT2D eigenvalue weighted by molar-refractivity contribution is -0.162. The Morgan fingerprint density at radius 2 is 1.71 bits per heavy atom. The molecule has 0 N–H and O–H groups in total. The van der Waals surface area contributed by atoms with Crippen LogP contribution in [-0.2, 0) is 14.3 Å². The maximum Gasteiger partial charge on any atom is 0.344 e. The van der Waals surface area contributed by atoms with E-state index in [0.717, 1.165) is 19.3 Å². The third-order valence-corrected chi connectivity index (χ3v) is 5.01. The first kappa shape index (κ1) is 21.5. The van der Waals surface area contributed by atoms with Gasteiger partial charge in [0.2, 0.25) is 0 Å². The lowest BCUT2D eigenvalue weighted by Gasteiger charge is -2.39. The number of carbonyl (C=O) groups is 2. The number of esters is 1. The standard InChI is InChI=1S/C21H28N2O5/c1-4-26-17-8-10-18(11-9-17)27-14-19(24)28-16(2)20(25)23(3)21(15-22)12-6-5-7-13-21/h8-11,16H,4-7,12-14H2,1-3H3/t16-/m1/s1. The van der Waals surface area contributed by atoms with Crippen LogP contribution in [0, 0.1) is 11.3 Å². The summed E-state index contributed by atoms with van der Waals surface area (Å²) < 4.78 is 15.9. The van der Waals surface area contributed by atoms with Crippen molar-refractivity contribution in [3.8, 4) is 17.6 Å². The number of nitrogens with zero attached hydrogens (tertiary/aromatic N) is 2. The van der Waals surface area contributed by atoms with E-state index in [1.165, 1.54) is 11.8 Å². The molecule has 0 heterocycles. The van der Waals surface area contributed by atoms with Gasteiger partial charge < -0.3 is 19.1 Å². The molecule has 152 valence electrons. The average Bonchev–Trinajstić information content (AvgIpc) is 2.72. The third-order valence-electron chi connectivity index (χ3n) is 5.01. The van der Waals surface area contributed by atoms with E-state index in [2.05, 4.69) is 6.07 Å². The van der Waals surface area contributed by atoms with Gasteiger partial charge in [0.15, 0.2) is 12.7 Å². The fraction of sp³-hybridized carbons (Fsp3) is 0.571. The van der Waals surface area contributed by atoms with Crippen LogP contribution in [0.25, 0.3) is 0 Å². The van der Waals surface area contributed by atoms with Gasteiger partial charge in [0.05, 0.1) is 12.7 Å². The number of likely N-dealkylation sites (N-methyl/N-ethyl adjacent to an activating group) is 1. The van der Waals surface area contributed by atoms with Crippen LogP contribution in [0.3, 0.4) is 0 Å². The van der Waals surface area contributed by atoms with Gasteiger partial charge in [-0.1, -0.05) is 19.3 Å². The molecule has 0 saturated heterocycles. The minimum Gasteiger partial charge on any atom is -0.494 e. The van der Waals surface area contributed by atoms with E-state index in [1.807, 2.05) is 6.92 Å². The van der Waals surface area contributed by atoms with Crippen molar-refractivity contribution in [2.24, 2.45) is 0 Å². The zero-order chi connectivity index (χ0) is 20.6. The van der Waals surface area contributed by atoms with E-state index >= 15 is 0 Å². The number of rotatable bonds is 8. The molecule has 1 saturated carbocycles. The molecule has 0 radical (unpaired) electrons. The van der Waals surface area contributed by atoms with Gasteiger partial charge in [-0.25, -0.2) is 4.79 Å². The molecule has 2 rings (SSSR count). The van der Waals surface area contributed by atoms with Crippen molar-refractivity contribution in [2.45, 2.75) is 57.6 Å². The Hall–Kier alpha value is -2.75. The molecule has 1 aromatic rings. The zero-order valence-electron chi connectivity index (χ0n) is 16.8. The van der Waals surface area contributed by atoms with Gasteiger partial charge in [-0.15, -0.1) is 0 Å². The van der Waals surface area contributed by atoms with Crippen molar-refractivity contribution in [1.29, 1.82) is 5.26 Å². The second-order valence-electron chi connectivity index (χ2n) is 6.93. The maximum absolute atomic E-state index is 12.7. The van der Waals surface area contributed by atoms with E-state index in [1.54, 1.807) is 31.3 Å². The Morgan fingerprint density at radius 3 is 2.25 bits per heavy atom. The Morgan fingerprint density at radius 1 is 1.14 bits per heavy atom. The average molecular weight is 388 g/mol. The Bertz CT molecular complexity index is 705. The van der Waals surface area contributed by atoms with Gasteiger partial charge in [-0.3, -0.25) is 4.79 Å². The molecular weight excluding hydrogens is 360 g/mol. The van der Waals surface area contributed by atoms with Gasteiger partial charge in [0.1, 0.15) is 17.0 Å². The molecule has 1 amide bonds. The molecule has 1 fully saturated rings. The summed E-state index contributed by atoms with van der Waals surface area (Å²) >= 11 is 0. The van der Waals surface area contributed by atoms with Gasteiger partial charge in [0.25, 0.3) is 5.91 Å². The largest absolute Gasteiger partial charge is 0.494 e. The summed E-state index contributed by atoms with van der Waals surface area (Å²) in [5, 5.41) is 9.61. The van der Waals surface area contributed by atoms with E-state index in [9.17, 15) is 14.9 Å². The summed E-state index contributed by atoms with van der Waals surface area (Å²) in [7, 11) is 1.61. The number of carbonyl (C=O) groups excluding carboxylic acids is 2. The van der Waals surface area contributed by atoms with Gasteiger partial charge in [-0.05, 0) is 51.0 Å². The second kappa shape index (κ2) is 9.98. The number of nitriles is 1. The molecule has 1 aromatic carbocycles. The normalized spacial score (nSPS) is 16.4. The molecule has 0 spiro atoms.